The molecule has 0 unspecified atom stereocenters. The van der Waals surface area contributed by atoms with E-state index in [4.69, 9.17) is 25.6 Å². The molecular formula is C34H33F2N5O4. The average Bonchev–Trinajstić information content (AvgIpc) is 3.97. The van der Waals surface area contributed by atoms with Crippen molar-refractivity contribution in [3.8, 4) is 35.4 Å². The zero-order chi connectivity index (χ0) is 30.7. The van der Waals surface area contributed by atoms with Gasteiger partial charge in [-0.3, -0.25) is 9.88 Å². The van der Waals surface area contributed by atoms with Gasteiger partial charge >= 0.3 is 6.01 Å². The Morgan fingerprint density at radius 3 is 2.76 bits per heavy atom. The van der Waals surface area contributed by atoms with Gasteiger partial charge < -0.3 is 24.2 Å². The van der Waals surface area contributed by atoms with Crippen LogP contribution in [-0.4, -0.2) is 89.7 Å². The minimum absolute atomic E-state index is 0.00593. The highest BCUT2D eigenvalue weighted by Crippen LogP contribution is 2.47. The first-order chi connectivity index (χ1) is 21.9. The first-order valence-electron chi connectivity index (χ1n) is 15.5. The first-order valence-corrected chi connectivity index (χ1v) is 15.5. The number of phenolic OH excluding ortho intramolecular Hbond substituents is 1. The average molecular weight is 614 g/mol. The summed E-state index contributed by atoms with van der Waals surface area (Å²) in [6.45, 7) is 5.94. The molecule has 232 valence electrons. The Morgan fingerprint density at radius 1 is 1.11 bits per heavy atom. The van der Waals surface area contributed by atoms with Gasteiger partial charge in [0.2, 0.25) is 0 Å². The van der Waals surface area contributed by atoms with Crippen LogP contribution < -0.4 is 9.64 Å². The largest absolute Gasteiger partial charge is 0.508 e. The topological polar surface area (TPSA) is 93.1 Å². The second-order valence-corrected chi connectivity index (χ2v) is 12.6. The first kappa shape index (κ1) is 28.4. The SMILES string of the molecule is C#Cc1c(F)ccc2cc(O)cc(-c3ncc4c(N5CCCO[C@H]6C[C@H]65)nc(OCC5(CN6CCOCC6)CC5)nc4c3F)c12. The van der Waals surface area contributed by atoms with Gasteiger partial charge in [0.25, 0.3) is 0 Å². The van der Waals surface area contributed by atoms with Crippen molar-refractivity contribution < 1.29 is 28.1 Å². The van der Waals surface area contributed by atoms with Gasteiger partial charge in [-0.1, -0.05) is 12.0 Å². The van der Waals surface area contributed by atoms with Crippen LogP contribution in [0.3, 0.4) is 0 Å². The minimum Gasteiger partial charge on any atom is -0.508 e. The van der Waals surface area contributed by atoms with E-state index in [-0.39, 0.29) is 57.0 Å². The van der Waals surface area contributed by atoms with Gasteiger partial charge in [-0.2, -0.15) is 9.97 Å². The number of rotatable bonds is 7. The van der Waals surface area contributed by atoms with Gasteiger partial charge in [-0.25, -0.2) is 8.78 Å². The predicted molar refractivity (Wildman–Crippen MR) is 164 cm³/mol. The number of anilines is 1. The third-order valence-electron chi connectivity index (χ3n) is 9.47. The van der Waals surface area contributed by atoms with Crippen molar-refractivity contribution >= 4 is 27.5 Å². The smallest absolute Gasteiger partial charge is 0.319 e. The number of nitrogens with zero attached hydrogens (tertiary/aromatic N) is 5. The van der Waals surface area contributed by atoms with Gasteiger partial charge in [0.1, 0.15) is 28.6 Å². The molecule has 0 spiro atoms. The molecule has 2 aliphatic carbocycles. The van der Waals surface area contributed by atoms with E-state index in [1.54, 1.807) is 6.20 Å². The van der Waals surface area contributed by atoms with Gasteiger partial charge in [0, 0.05) is 55.3 Å². The van der Waals surface area contributed by atoms with Gasteiger partial charge in [-0.15, -0.1) is 6.42 Å². The fourth-order valence-electron chi connectivity index (χ4n) is 6.79. The molecule has 2 aliphatic heterocycles. The third-order valence-corrected chi connectivity index (χ3v) is 9.47. The number of fused-ring (bicyclic) bond motifs is 3. The molecular weight excluding hydrogens is 580 g/mol. The Bertz CT molecular complexity index is 1850. The molecule has 4 aromatic rings. The molecule has 2 aromatic heterocycles. The van der Waals surface area contributed by atoms with Crippen molar-refractivity contribution in [3.05, 3.63) is 47.7 Å². The highest BCUT2D eigenvalue weighted by molar-refractivity contribution is 6.03. The Kier molecular flexibility index (Phi) is 6.97. The van der Waals surface area contributed by atoms with Crippen molar-refractivity contribution in [2.45, 2.75) is 37.8 Å². The van der Waals surface area contributed by atoms with Crippen LogP contribution in [0, 0.1) is 29.4 Å². The summed E-state index contributed by atoms with van der Waals surface area (Å²) in [5, 5.41) is 11.7. The summed E-state index contributed by atoms with van der Waals surface area (Å²) in [5.41, 5.74) is 0.0837. The Morgan fingerprint density at radius 2 is 1.96 bits per heavy atom. The van der Waals surface area contributed by atoms with Crippen LogP contribution in [0.25, 0.3) is 32.9 Å². The summed E-state index contributed by atoms with van der Waals surface area (Å²) in [7, 11) is 0. The number of benzene rings is 2. The molecule has 4 heterocycles. The molecule has 2 saturated heterocycles. The monoisotopic (exact) mass is 613 g/mol. The van der Waals surface area contributed by atoms with Crippen LogP contribution in [0.4, 0.5) is 14.6 Å². The molecule has 9 nitrogen and oxygen atoms in total. The Labute approximate surface area is 259 Å². The fraction of sp³-hybridized carbons (Fsp3) is 0.441. The van der Waals surface area contributed by atoms with Crippen molar-refractivity contribution in [2.24, 2.45) is 5.41 Å². The summed E-state index contributed by atoms with van der Waals surface area (Å²) in [6.07, 6.45) is 11.1. The van der Waals surface area contributed by atoms with E-state index >= 15 is 4.39 Å². The Hall–Kier alpha value is -4.11. The van der Waals surface area contributed by atoms with Crippen molar-refractivity contribution in [3.63, 3.8) is 0 Å². The summed E-state index contributed by atoms with van der Waals surface area (Å²) in [6, 6.07) is 5.77. The Balaban J connectivity index is 1.23. The second-order valence-electron chi connectivity index (χ2n) is 12.6. The van der Waals surface area contributed by atoms with Crippen LogP contribution in [0.15, 0.2) is 30.5 Å². The molecule has 0 bridgehead atoms. The van der Waals surface area contributed by atoms with Crippen molar-refractivity contribution in [2.75, 3.05) is 57.5 Å². The molecule has 11 heteroatoms. The van der Waals surface area contributed by atoms with Crippen LogP contribution in [0.1, 0.15) is 31.2 Å². The number of halogens is 2. The molecule has 4 fully saturated rings. The lowest BCUT2D eigenvalue weighted by atomic mass is 9.96. The number of morpholine rings is 1. The van der Waals surface area contributed by atoms with E-state index in [2.05, 4.69) is 25.7 Å². The molecule has 0 radical (unpaired) electrons. The standard InChI is InChI=1S/C34H33F2N5O4/c1-2-22-25(35)5-4-20-14-21(42)15-23(28(20)22)30-29(36)31-24(17-37-30)32(41-8-3-11-44-27-16-26(27)41)39-33(38-31)45-19-34(6-7-34)18-40-9-12-43-13-10-40/h1,4-5,14-15,17,26-27,42H,3,6-13,16,18-19H2/t26-,27+/m1/s1. The lowest BCUT2D eigenvalue weighted by Crippen LogP contribution is -2.41. The quantitative estimate of drug-likeness (QED) is 0.299. The maximum atomic E-state index is 16.8. The fourth-order valence-corrected chi connectivity index (χ4v) is 6.79. The molecule has 2 aromatic carbocycles. The van der Waals surface area contributed by atoms with Gasteiger partial charge in [-0.05, 0) is 49.3 Å². The maximum Gasteiger partial charge on any atom is 0.319 e. The molecule has 1 N–H and O–H groups in total. The highest BCUT2D eigenvalue weighted by Gasteiger charge is 2.47. The van der Waals surface area contributed by atoms with E-state index in [0.717, 1.165) is 58.5 Å². The zero-order valence-electron chi connectivity index (χ0n) is 24.8. The summed E-state index contributed by atoms with van der Waals surface area (Å²) < 4.78 is 49.3. The van der Waals surface area contributed by atoms with Crippen LogP contribution in [0.5, 0.6) is 11.8 Å². The molecule has 0 amide bonds. The number of hydrogen-bond acceptors (Lipinski definition) is 9. The van der Waals surface area contributed by atoms with Gasteiger partial charge in [0.15, 0.2) is 5.82 Å². The number of terminal acetylenes is 1. The van der Waals surface area contributed by atoms with Crippen LogP contribution in [-0.2, 0) is 9.47 Å². The zero-order valence-corrected chi connectivity index (χ0v) is 24.8. The van der Waals surface area contributed by atoms with E-state index in [1.807, 2.05) is 0 Å². The van der Waals surface area contributed by atoms with Crippen LogP contribution in [0.2, 0.25) is 0 Å². The van der Waals surface area contributed by atoms with E-state index < -0.39 is 11.6 Å². The maximum absolute atomic E-state index is 16.8. The highest BCUT2D eigenvalue weighted by atomic mass is 19.1. The molecule has 4 aliphatic rings. The summed E-state index contributed by atoms with van der Waals surface area (Å²) in [5.74, 6) is 1.47. The number of pyridine rings is 1. The lowest BCUT2D eigenvalue weighted by molar-refractivity contribution is 0.0231. The third kappa shape index (κ3) is 5.21. The molecule has 8 rings (SSSR count). The minimum atomic E-state index is -0.729. The molecule has 2 saturated carbocycles. The predicted octanol–water partition coefficient (Wildman–Crippen LogP) is 4.67. The second kappa shape index (κ2) is 11.1. The number of hydrogen-bond donors (Lipinski definition) is 1. The van der Waals surface area contributed by atoms with E-state index in [1.165, 1.54) is 24.3 Å². The van der Waals surface area contributed by atoms with E-state index in [9.17, 15) is 9.50 Å². The normalized spacial score (nSPS) is 22.6. The van der Waals surface area contributed by atoms with Crippen molar-refractivity contribution in [1.29, 1.82) is 0 Å². The van der Waals surface area contributed by atoms with E-state index in [0.29, 0.717) is 36.3 Å². The lowest BCUT2D eigenvalue weighted by Gasteiger charge is -2.30. The number of aromatic nitrogens is 3. The summed E-state index contributed by atoms with van der Waals surface area (Å²) >= 11 is 0. The number of ether oxygens (including phenoxy) is 3. The summed E-state index contributed by atoms with van der Waals surface area (Å²) in [4.78, 5) is 18.5. The number of aromatic hydroxyl groups is 1. The molecule has 2 atom stereocenters. The van der Waals surface area contributed by atoms with Gasteiger partial charge in [0.05, 0.1) is 42.9 Å². The van der Waals surface area contributed by atoms with Crippen LogP contribution >= 0.6 is 0 Å². The number of phenols is 1. The molecule has 45 heavy (non-hydrogen) atoms. The van der Waals surface area contributed by atoms with Crippen molar-refractivity contribution in [1.82, 2.24) is 19.9 Å².